The van der Waals surface area contributed by atoms with Gasteiger partial charge in [0.15, 0.2) is 0 Å². The number of rotatable bonds is 6. The van der Waals surface area contributed by atoms with Crippen molar-refractivity contribution in [3.63, 3.8) is 0 Å². The second-order valence-corrected chi connectivity index (χ2v) is 7.68. The highest BCUT2D eigenvalue weighted by Crippen LogP contribution is 2.37. The molecule has 4 nitrogen and oxygen atoms in total. The Kier molecular flexibility index (Phi) is 6.48. The highest BCUT2D eigenvalue weighted by molar-refractivity contribution is 4.93. The summed E-state index contributed by atoms with van der Waals surface area (Å²) in [7, 11) is 6.36. The fourth-order valence-corrected chi connectivity index (χ4v) is 4.44. The minimum atomic E-state index is -0.132. The van der Waals surface area contributed by atoms with Crippen LogP contribution in [0.5, 0.6) is 0 Å². The Morgan fingerprint density at radius 3 is 2.43 bits per heavy atom. The van der Waals surface area contributed by atoms with E-state index in [1.165, 1.54) is 38.5 Å². The standard InChI is InChI=1S/C17H35N3O/c1-18-13-17(8-6-4-5-7-9-17)14-20-12-16(21)10-15(20)11-19(2)3/h15-16,18,21H,4-14H2,1-3H3. The number of likely N-dealkylation sites (N-methyl/N-ethyl adjacent to an activating group) is 1. The van der Waals surface area contributed by atoms with Gasteiger partial charge in [0, 0.05) is 32.2 Å². The van der Waals surface area contributed by atoms with Crippen LogP contribution >= 0.6 is 0 Å². The summed E-state index contributed by atoms with van der Waals surface area (Å²) in [5, 5.41) is 13.6. The molecule has 21 heavy (non-hydrogen) atoms. The Labute approximate surface area is 130 Å². The minimum Gasteiger partial charge on any atom is -0.392 e. The van der Waals surface area contributed by atoms with Crippen LogP contribution in [0.1, 0.15) is 44.9 Å². The summed E-state index contributed by atoms with van der Waals surface area (Å²) < 4.78 is 0. The Bertz CT molecular complexity index is 300. The molecule has 2 atom stereocenters. The van der Waals surface area contributed by atoms with Crippen LogP contribution in [0.25, 0.3) is 0 Å². The van der Waals surface area contributed by atoms with E-state index in [0.717, 1.165) is 32.6 Å². The molecular weight excluding hydrogens is 262 g/mol. The molecule has 2 N–H and O–H groups in total. The molecule has 1 heterocycles. The monoisotopic (exact) mass is 297 g/mol. The largest absolute Gasteiger partial charge is 0.392 e. The summed E-state index contributed by atoms with van der Waals surface area (Å²) in [5.41, 5.74) is 0.417. The zero-order valence-corrected chi connectivity index (χ0v) is 14.3. The van der Waals surface area contributed by atoms with Crippen molar-refractivity contribution in [3.05, 3.63) is 0 Å². The Morgan fingerprint density at radius 1 is 1.19 bits per heavy atom. The van der Waals surface area contributed by atoms with Crippen molar-refractivity contribution in [2.45, 2.75) is 57.1 Å². The number of hydrogen-bond acceptors (Lipinski definition) is 4. The summed E-state index contributed by atoms with van der Waals surface area (Å²) in [6.45, 7) is 4.20. The van der Waals surface area contributed by atoms with Gasteiger partial charge in [-0.3, -0.25) is 4.90 Å². The fourth-order valence-electron chi connectivity index (χ4n) is 4.44. The molecule has 2 unspecified atom stereocenters. The van der Waals surface area contributed by atoms with Gasteiger partial charge >= 0.3 is 0 Å². The topological polar surface area (TPSA) is 38.7 Å². The van der Waals surface area contributed by atoms with Gasteiger partial charge in [-0.25, -0.2) is 0 Å². The van der Waals surface area contributed by atoms with E-state index in [-0.39, 0.29) is 6.10 Å². The maximum atomic E-state index is 10.1. The number of hydrogen-bond donors (Lipinski definition) is 2. The molecule has 124 valence electrons. The number of nitrogens with one attached hydrogen (secondary N) is 1. The van der Waals surface area contributed by atoms with Gasteiger partial charge in [0.1, 0.15) is 0 Å². The second-order valence-electron chi connectivity index (χ2n) is 7.68. The van der Waals surface area contributed by atoms with Crippen LogP contribution in [-0.2, 0) is 0 Å². The van der Waals surface area contributed by atoms with Crippen molar-refractivity contribution >= 4 is 0 Å². The van der Waals surface area contributed by atoms with Gasteiger partial charge in [0.05, 0.1) is 6.10 Å². The molecule has 2 fully saturated rings. The van der Waals surface area contributed by atoms with Gasteiger partial charge in [-0.15, -0.1) is 0 Å². The van der Waals surface area contributed by atoms with E-state index in [0.29, 0.717) is 11.5 Å². The third-order valence-corrected chi connectivity index (χ3v) is 5.34. The maximum Gasteiger partial charge on any atom is 0.0682 e. The number of aliphatic hydroxyl groups excluding tert-OH is 1. The van der Waals surface area contributed by atoms with E-state index in [4.69, 9.17) is 0 Å². The minimum absolute atomic E-state index is 0.132. The van der Waals surface area contributed by atoms with Crippen LogP contribution in [0, 0.1) is 5.41 Å². The average molecular weight is 297 g/mol. The molecule has 1 aliphatic heterocycles. The predicted molar refractivity (Wildman–Crippen MR) is 88.6 cm³/mol. The van der Waals surface area contributed by atoms with E-state index in [1.54, 1.807) is 0 Å². The molecule has 4 heteroatoms. The molecular formula is C17H35N3O. The second kappa shape index (κ2) is 7.91. The predicted octanol–water partition coefficient (Wildman–Crippen LogP) is 1.54. The van der Waals surface area contributed by atoms with E-state index < -0.39 is 0 Å². The summed E-state index contributed by atoms with van der Waals surface area (Å²) in [5.74, 6) is 0. The molecule has 0 aromatic carbocycles. The maximum absolute atomic E-state index is 10.1. The first-order valence-corrected chi connectivity index (χ1v) is 8.76. The summed E-state index contributed by atoms with van der Waals surface area (Å²) in [6, 6.07) is 0.520. The van der Waals surface area contributed by atoms with E-state index >= 15 is 0 Å². The fraction of sp³-hybridized carbons (Fsp3) is 1.00. The van der Waals surface area contributed by atoms with E-state index in [9.17, 15) is 5.11 Å². The zero-order chi connectivity index (χ0) is 15.3. The lowest BCUT2D eigenvalue weighted by molar-refractivity contribution is 0.100. The normalized spacial score (nSPS) is 30.7. The van der Waals surface area contributed by atoms with Crippen molar-refractivity contribution < 1.29 is 5.11 Å². The molecule has 0 radical (unpaired) electrons. The lowest BCUT2D eigenvalue weighted by Gasteiger charge is -2.39. The highest BCUT2D eigenvalue weighted by atomic mass is 16.3. The van der Waals surface area contributed by atoms with Gasteiger partial charge < -0.3 is 15.3 Å². The Morgan fingerprint density at radius 2 is 1.86 bits per heavy atom. The SMILES string of the molecule is CNCC1(CN2CC(O)CC2CN(C)C)CCCCCC1. The zero-order valence-electron chi connectivity index (χ0n) is 14.3. The molecule has 0 bridgehead atoms. The van der Waals surface area contributed by atoms with E-state index in [1.807, 2.05) is 0 Å². The lowest BCUT2D eigenvalue weighted by atomic mass is 9.79. The molecule has 0 amide bonds. The molecule has 1 aliphatic carbocycles. The molecule has 0 aromatic rings. The van der Waals surface area contributed by atoms with Crippen LogP contribution < -0.4 is 5.32 Å². The Balaban J connectivity index is 2.03. The van der Waals surface area contributed by atoms with Gasteiger partial charge in [-0.05, 0) is 45.8 Å². The molecule has 2 aliphatic rings. The number of β-amino-alcohol motifs (C(OH)–C–C–N with tert-alkyl or cyclic N) is 1. The van der Waals surface area contributed by atoms with Crippen molar-refractivity contribution in [1.82, 2.24) is 15.1 Å². The number of likely N-dealkylation sites (tertiary alicyclic amines) is 1. The summed E-state index contributed by atoms with van der Waals surface area (Å²) in [4.78, 5) is 4.83. The first kappa shape index (κ1) is 17.2. The molecule has 1 saturated carbocycles. The molecule has 0 aromatic heterocycles. The third kappa shape index (κ3) is 4.92. The Hall–Kier alpha value is -0.160. The van der Waals surface area contributed by atoms with Crippen molar-refractivity contribution in [2.24, 2.45) is 5.41 Å². The quantitative estimate of drug-likeness (QED) is 0.730. The van der Waals surface area contributed by atoms with Crippen LogP contribution in [0.15, 0.2) is 0 Å². The first-order chi connectivity index (χ1) is 10.0. The van der Waals surface area contributed by atoms with Gasteiger partial charge in [-0.2, -0.15) is 0 Å². The highest BCUT2D eigenvalue weighted by Gasteiger charge is 2.38. The van der Waals surface area contributed by atoms with Crippen LogP contribution in [-0.4, -0.2) is 74.4 Å². The van der Waals surface area contributed by atoms with Gasteiger partial charge in [-0.1, -0.05) is 25.7 Å². The number of aliphatic hydroxyl groups is 1. The van der Waals surface area contributed by atoms with Gasteiger partial charge in [0.2, 0.25) is 0 Å². The third-order valence-electron chi connectivity index (χ3n) is 5.34. The van der Waals surface area contributed by atoms with Crippen molar-refractivity contribution in [3.8, 4) is 0 Å². The summed E-state index contributed by atoms with van der Waals surface area (Å²) in [6.07, 6.45) is 9.03. The smallest absolute Gasteiger partial charge is 0.0682 e. The van der Waals surface area contributed by atoms with Gasteiger partial charge in [0.25, 0.3) is 0 Å². The number of nitrogens with zero attached hydrogens (tertiary/aromatic N) is 2. The van der Waals surface area contributed by atoms with Crippen LogP contribution in [0.3, 0.4) is 0 Å². The van der Waals surface area contributed by atoms with Crippen LogP contribution in [0.2, 0.25) is 0 Å². The van der Waals surface area contributed by atoms with Crippen molar-refractivity contribution in [1.29, 1.82) is 0 Å². The summed E-state index contributed by atoms with van der Waals surface area (Å²) >= 11 is 0. The average Bonchev–Trinajstić information content (AvgIpc) is 2.61. The molecule has 2 rings (SSSR count). The molecule has 1 saturated heterocycles. The molecule has 0 spiro atoms. The van der Waals surface area contributed by atoms with Crippen LogP contribution in [0.4, 0.5) is 0 Å². The van der Waals surface area contributed by atoms with Crippen molar-refractivity contribution in [2.75, 3.05) is 47.3 Å². The van der Waals surface area contributed by atoms with E-state index in [2.05, 4.69) is 36.3 Å². The lowest BCUT2D eigenvalue weighted by Crippen LogP contribution is -2.47. The first-order valence-electron chi connectivity index (χ1n) is 8.76.